The number of piperidine rings is 1. The molecule has 1 aliphatic heterocycles. The quantitative estimate of drug-likeness (QED) is 0.813. The third kappa shape index (κ3) is 1.86. The third-order valence-corrected chi connectivity index (χ3v) is 3.61. The van der Waals surface area contributed by atoms with E-state index in [1.165, 1.54) is 18.5 Å². The van der Waals surface area contributed by atoms with E-state index < -0.39 is 0 Å². The molecule has 0 radical (unpaired) electrons. The predicted molar refractivity (Wildman–Crippen MR) is 67.9 cm³/mol. The number of H-pyrrole nitrogens is 1. The normalized spacial score (nSPS) is 17.8. The number of nitrogens with two attached hydrogens (primary N) is 1. The van der Waals surface area contributed by atoms with Crippen LogP contribution in [0, 0.1) is 5.92 Å². The number of anilines is 1. The van der Waals surface area contributed by atoms with E-state index >= 15 is 0 Å². The number of nitrogens with one attached hydrogen (secondary N) is 1. The zero-order chi connectivity index (χ0) is 11.7. The van der Waals surface area contributed by atoms with E-state index in [1.807, 2.05) is 12.1 Å². The Hall–Kier alpha value is -1.62. The van der Waals surface area contributed by atoms with Crippen molar-refractivity contribution in [2.75, 3.05) is 24.5 Å². The lowest BCUT2D eigenvalue weighted by atomic mass is 9.96. The van der Waals surface area contributed by atoms with Crippen molar-refractivity contribution in [3.8, 4) is 0 Å². The summed E-state index contributed by atoms with van der Waals surface area (Å²) in [6, 6.07) is 6.14. The number of fused-ring (bicyclic) bond motifs is 1. The zero-order valence-corrected chi connectivity index (χ0v) is 9.76. The topological polar surface area (TPSA) is 70.8 Å². The molecule has 1 aliphatic rings. The highest BCUT2D eigenvalue weighted by molar-refractivity contribution is 5.87. The van der Waals surface area contributed by atoms with Gasteiger partial charge in [-0.15, -0.1) is 0 Å². The van der Waals surface area contributed by atoms with Gasteiger partial charge in [0, 0.05) is 13.1 Å². The molecule has 0 aliphatic carbocycles. The number of aromatic nitrogens is 3. The Morgan fingerprint density at radius 1 is 1.29 bits per heavy atom. The number of hydrogen-bond acceptors (Lipinski definition) is 4. The van der Waals surface area contributed by atoms with Crippen molar-refractivity contribution < 1.29 is 0 Å². The van der Waals surface area contributed by atoms with Gasteiger partial charge in [-0.25, -0.2) is 0 Å². The lowest BCUT2D eigenvalue weighted by Gasteiger charge is -2.33. The van der Waals surface area contributed by atoms with Crippen molar-refractivity contribution in [2.45, 2.75) is 12.8 Å². The van der Waals surface area contributed by atoms with Gasteiger partial charge in [0.05, 0.1) is 5.69 Å². The highest BCUT2D eigenvalue weighted by atomic mass is 15.3. The van der Waals surface area contributed by atoms with Gasteiger partial charge in [0.1, 0.15) is 11.0 Å². The summed E-state index contributed by atoms with van der Waals surface area (Å²) in [4.78, 5) is 2.39. The summed E-state index contributed by atoms with van der Waals surface area (Å²) >= 11 is 0. The van der Waals surface area contributed by atoms with Gasteiger partial charge >= 0.3 is 0 Å². The average molecular weight is 231 g/mol. The minimum absolute atomic E-state index is 0.683. The van der Waals surface area contributed by atoms with Gasteiger partial charge in [-0.3, -0.25) is 0 Å². The van der Waals surface area contributed by atoms with Crippen molar-refractivity contribution in [3.63, 3.8) is 0 Å². The van der Waals surface area contributed by atoms with Crippen LogP contribution in [0.5, 0.6) is 0 Å². The van der Waals surface area contributed by atoms with Crippen LogP contribution in [0.25, 0.3) is 11.0 Å². The van der Waals surface area contributed by atoms with Crippen molar-refractivity contribution in [3.05, 3.63) is 18.2 Å². The van der Waals surface area contributed by atoms with Gasteiger partial charge in [-0.2, -0.15) is 15.4 Å². The smallest absolute Gasteiger partial charge is 0.136 e. The Balaban J connectivity index is 1.87. The average Bonchev–Trinajstić information content (AvgIpc) is 2.87. The number of benzene rings is 1. The van der Waals surface area contributed by atoms with Gasteiger partial charge in [0.25, 0.3) is 0 Å². The molecule has 3 rings (SSSR count). The van der Waals surface area contributed by atoms with E-state index in [0.29, 0.717) is 5.92 Å². The Labute approximate surface area is 100.0 Å². The summed E-state index contributed by atoms with van der Waals surface area (Å²) in [5, 5.41) is 11.0. The number of rotatable bonds is 2. The van der Waals surface area contributed by atoms with Crippen molar-refractivity contribution in [2.24, 2.45) is 11.7 Å². The van der Waals surface area contributed by atoms with Crippen LogP contribution < -0.4 is 10.6 Å². The molecule has 0 unspecified atom stereocenters. The fraction of sp³-hybridized carbons (Fsp3) is 0.500. The zero-order valence-electron chi connectivity index (χ0n) is 9.76. The molecule has 1 fully saturated rings. The van der Waals surface area contributed by atoms with Gasteiger partial charge in [0.15, 0.2) is 0 Å². The number of nitrogens with zero attached hydrogens (tertiary/aromatic N) is 3. The summed E-state index contributed by atoms with van der Waals surface area (Å²) in [5.41, 5.74) is 8.81. The first kappa shape index (κ1) is 10.5. The maximum absolute atomic E-state index is 5.72. The predicted octanol–water partition coefficient (Wildman–Crippen LogP) is 1.13. The van der Waals surface area contributed by atoms with Crippen LogP contribution in [-0.2, 0) is 0 Å². The molecule has 17 heavy (non-hydrogen) atoms. The summed E-state index contributed by atoms with van der Waals surface area (Å²) in [5.74, 6) is 0.683. The van der Waals surface area contributed by atoms with E-state index in [4.69, 9.17) is 5.73 Å². The molecule has 0 bridgehead atoms. The SMILES string of the molecule is NCC1CCN(c2cccc3n[nH]nc23)CC1. The van der Waals surface area contributed by atoms with Crippen LogP contribution in [0.2, 0.25) is 0 Å². The molecular formula is C12H17N5. The molecule has 3 N–H and O–H groups in total. The van der Waals surface area contributed by atoms with E-state index in [0.717, 1.165) is 30.7 Å². The molecule has 0 amide bonds. The lowest BCUT2D eigenvalue weighted by Crippen LogP contribution is -2.36. The number of para-hydroxylation sites is 1. The standard InChI is InChI=1S/C12H17N5/c13-8-9-4-6-17(7-5-9)11-3-1-2-10-12(11)15-16-14-10/h1-3,9H,4-8,13H2,(H,14,15,16). The summed E-state index contributed by atoms with van der Waals surface area (Å²) in [6.07, 6.45) is 2.34. The molecule has 5 heteroatoms. The first-order valence-electron chi connectivity index (χ1n) is 6.13. The third-order valence-electron chi connectivity index (χ3n) is 3.61. The lowest BCUT2D eigenvalue weighted by molar-refractivity contribution is 0.415. The first-order chi connectivity index (χ1) is 8.38. The monoisotopic (exact) mass is 231 g/mol. The second-order valence-electron chi connectivity index (χ2n) is 4.63. The number of hydrogen-bond donors (Lipinski definition) is 2. The van der Waals surface area contributed by atoms with Crippen LogP contribution in [0.4, 0.5) is 5.69 Å². The van der Waals surface area contributed by atoms with Crippen molar-refractivity contribution in [1.29, 1.82) is 0 Å². The Bertz CT molecular complexity index is 498. The highest BCUT2D eigenvalue weighted by Crippen LogP contribution is 2.27. The summed E-state index contributed by atoms with van der Waals surface area (Å²) in [7, 11) is 0. The molecule has 1 aromatic heterocycles. The van der Waals surface area contributed by atoms with Crippen LogP contribution in [-0.4, -0.2) is 35.0 Å². The second kappa shape index (κ2) is 4.33. The fourth-order valence-electron chi connectivity index (χ4n) is 2.52. The van der Waals surface area contributed by atoms with Crippen molar-refractivity contribution >= 4 is 16.7 Å². The Morgan fingerprint density at radius 3 is 2.88 bits per heavy atom. The van der Waals surface area contributed by atoms with E-state index in [-0.39, 0.29) is 0 Å². The van der Waals surface area contributed by atoms with Gasteiger partial charge < -0.3 is 10.6 Å². The summed E-state index contributed by atoms with van der Waals surface area (Å²) in [6.45, 7) is 2.93. The molecule has 5 nitrogen and oxygen atoms in total. The number of aromatic amines is 1. The minimum Gasteiger partial charge on any atom is -0.370 e. The maximum atomic E-state index is 5.72. The molecule has 90 valence electrons. The van der Waals surface area contributed by atoms with Crippen LogP contribution in [0.15, 0.2) is 18.2 Å². The van der Waals surface area contributed by atoms with Crippen LogP contribution >= 0.6 is 0 Å². The minimum atomic E-state index is 0.683. The molecule has 0 atom stereocenters. The van der Waals surface area contributed by atoms with E-state index in [9.17, 15) is 0 Å². The maximum Gasteiger partial charge on any atom is 0.136 e. The van der Waals surface area contributed by atoms with Crippen LogP contribution in [0.1, 0.15) is 12.8 Å². The van der Waals surface area contributed by atoms with E-state index in [2.05, 4.69) is 26.4 Å². The van der Waals surface area contributed by atoms with Gasteiger partial charge in [0.2, 0.25) is 0 Å². The Morgan fingerprint density at radius 2 is 2.12 bits per heavy atom. The second-order valence-corrected chi connectivity index (χ2v) is 4.63. The fourth-order valence-corrected chi connectivity index (χ4v) is 2.52. The first-order valence-corrected chi connectivity index (χ1v) is 6.13. The summed E-state index contributed by atoms with van der Waals surface area (Å²) < 4.78 is 0. The molecular weight excluding hydrogens is 214 g/mol. The van der Waals surface area contributed by atoms with Gasteiger partial charge in [-0.1, -0.05) is 6.07 Å². The molecule has 0 spiro atoms. The largest absolute Gasteiger partial charge is 0.370 e. The molecule has 1 saturated heterocycles. The molecule has 2 heterocycles. The highest BCUT2D eigenvalue weighted by Gasteiger charge is 2.20. The molecule has 0 saturated carbocycles. The van der Waals surface area contributed by atoms with Gasteiger partial charge in [-0.05, 0) is 37.4 Å². The van der Waals surface area contributed by atoms with Crippen LogP contribution in [0.3, 0.4) is 0 Å². The Kier molecular flexibility index (Phi) is 2.68. The molecule has 1 aromatic carbocycles. The molecule has 2 aromatic rings. The van der Waals surface area contributed by atoms with E-state index in [1.54, 1.807) is 0 Å². The van der Waals surface area contributed by atoms with Crippen molar-refractivity contribution in [1.82, 2.24) is 15.4 Å².